The molecule has 0 atom stereocenters. The highest BCUT2D eigenvalue weighted by atomic mass is 79.9. The van der Waals surface area contributed by atoms with Gasteiger partial charge < -0.3 is 5.32 Å². The van der Waals surface area contributed by atoms with E-state index in [0.717, 1.165) is 4.47 Å². The van der Waals surface area contributed by atoms with E-state index in [2.05, 4.69) is 21.2 Å². The van der Waals surface area contributed by atoms with Crippen molar-refractivity contribution in [3.8, 4) is 0 Å². The average Bonchev–Trinajstić information content (AvgIpc) is 2.29. The molecule has 1 amide bonds. The van der Waals surface area contributed by atoms with Crippen molar-refractivity contribution >= 4 is 33.3 Å². The molecule has 0 aliphatic carbocycles. The minimum absolute atomic E-state index is 0.0136. The van der Waals surface area contributed by atoms with Crippen LogP contribution in [-0.2, 0) is 4.79 Å². The Hall–Kier alpha value is -1.16. The molecule has 0 radical (unpaired) electrons. The van der Waals surface area contributed by atoms with E-state index in [1.807, 2.05) is 0 Å². The van der Waals surface area contributed by atoms with Crippen molar-refractivity contribution < 1.29 is 9.59 Å². The topological polar surface area (TPSA) is 46.2 Å². The van der Waals surface area contributed by atoms with Crippen molar-refractivity contribution in [2.45, 2.75) is 12.8 Å². The quantitative estimate of drug-likeness (QED) is 0.772. The van der Waals surface area contributed by atoms with E-state index >= 15 is 0 Å². The average molecular weight is 254 g/mol. The molecule has 1 aliphatic rings. The lowest BCUT2D eigenvalue weighted by Gasteiger charge is -2.05. The summed E-state index contributed by atoms with van der Waals surface area (Å²) in [5.74, 6) is -0.0842. The number of anilines is 1. The fourth-order valence-corrected chi connectivity index (χ4v) is 1.79. The Morgan fingerprint density at radius 1 is 1.21 bits per heavy atom. The second-order valence-corrected chi connectivity index (χ2v) is 4.08. The van der Waals surface area contributed by atoms with E-state index in [-0.39, 0.29) is 24.5 Å². The molecule has 0 saturated carbocycles. The van der Waals surface area contributed by atoms with Gasteiger partial charge in [0.25, 0.3) is 0 Å². The third-order valence-electron chi connectivity index (χ3n) is 2.14. The summed E-state index contributed by atoms with van der Waals surface area (Å²) in [6, 6.07) is 5.28. The van der Waals surface area contributed by atoms with Crippen molar-refractivity contribution in [3.63, 3.8) is 0 Å². The van der Waals surface area contributed by atoms with E-state index in [1.54, 1.807) is 18.2 Å². The fourth-order valence-electron chi connectivity index (χ4n) is 1.43. The standard InChI is InChI=1S/C10H8BrNO2/c11-6-1-2-8-7(5-6)9(13)3-4-10(14)12-8/h1-2,5H,3-4H2,(H,12,14). The van der Waals surface area contributed by atoms with Gasteiger partial charge in [-0.3, -0.25) is 9.59 Å². The lowest BCUT2D eigenvalue weighted by molar-refractivity contribution is -0.116. The molecule has 1 heterocycles. The predicted octanol–water partition coefficient (Wildman–Crippen LogP) is 2.36. The summed E-state index contributed by atoms with van der Waals surface area (Å²) < 4.78 is 0.848. The Balaban J connectivity index is 2.52. The highest BCUT2D eigenvalue weighted by Crippen LogP contribution is 2.25. The van der Waals surface area contributed by atoms with Crippen LogP contribution in [0.2, 0.25) is 0 Å². The van der Waals surface area contributed by atoms with E-state index in [0.29, 0.717) is 11.3 Å². The zero-order valence-corrected chi connectivity index (χ0v) is 8.93. The number of carbonyl (C=O) groups is 2. The van der Waals surface area contributed by atoms with Crippen LogP contribution in [-0.4, -0.2) is 11.7 Å². The molecule has 0 saturated heterocycles. The van der Waals surface area contributed by atoms with Crippen LogP contribution in [0.15, 0.2) is 22.7 Å². The number of amides is 1. The van der Waals surface area contributed by atoms with Gasteiger partial charge >= 0.3 is 0 Å². The molecule has 0 aromatic heterocycles. The van der Waals surface area contributed by atoms with E-state index < -0.39 is 0 Å². The maximum absolute atomic E-state index is 11.6. The van der Waals surface area contributed by atoms with Gasteiger partial charge in [-0.05, 0) is 18.2 Å². The van der Waals surface area contributed by atoms with Gasteiger partial charge in [-0.25, -0.2) is 0 Å². The number of benzene rings is 1. The summed E-state index contributed by atoms with van der Waals surface area (Å²) in [6.45, 7) is 0. The van der Waals surface area contributed by atoms with Gasteiger partial charge in [0, 0.05) is 22.9 Å². The summed E-state index contributed by atoms with van der Waals surface area (Å²) in [5.41, 5.74) is 1.20. The lowest BCUT2D eigenvalue weighted by atomic mass is 10.1. The van der Waals surface area contributed by atoms with Crippen LogP contribution in [0.5, 0.6) is 0 Å². The summed E-state index contributed by atoms with van der Waals surface area (Å²) in [6.07, 6.45) is 0.556. The zero-order chi connectivity index (χ0) is 10.1. The Morgan fingerprint density at radius 3 is 2.79 bits per heavy atom. The molecule has 1 aromatic carbocycles. The zero-order valence-electron chi connectivity index (χ0n) is 7.34. The number of fused-ring (bicyclic) bond motifs is 1. The van der Waals surface area contributed by atoms with Crippen LogP contribution in [0, 0.1) is 0 Å². The van der Waals surface area contributed by atoms with Crippen LogP contribution >= 0.6 is 15.9 Å². The lowest BCUT2D eigenvalue weighted by Crippen LogP contribution is -2.08. The minimum Gasteiger partial charge on any atom is -0.325 e. The van der Waals surface area contributed by atoms with Crippen molar-refractivity contribution in [3.05, 3.63) is 28.2 Å². The predicted molar refractivity (Wildman–Crippen MR) is 56.3 cm³/mol. The molecule has 1 aromatic rings. The maximum atomic E-state index is 11.6. The van der Waals surface area contributed by atoms with E-state index in [4.69, 9.17) is 0 Å². The highest BCUT2D eigenvalue weighted by Gasteiger charge is 2.19. The van der Waals surface area contributed by atoms with Crippen LogP contribution in [0.4, 0.5) is 5.69 Å². The molecular weight excluding hydrogens is 246 g/mol. The smallest absolute Gasteiger partial charge is 0.224 e. The van der Waals surface area contributed by atoms with Crippen LogP contribution in [0.3, 0.4) is 0 Å². The largest absolute Gasteiger partial charge is 0.325 e. The molecule has 2 rings (SSSR count). The van der Waals surface area contributed by atoms with Crippen molar-refractivity contribution in [1.82, 2.24) is 0 Å². The SMILES string of the molecule is O=C1CCC(=O)c2cc(Br)ccc2N1. The van der Waals surface area contributed by atoms with Crippen LogP contribution in [0.25, 0.3) is 0 Å². The first kappa shape index (κ1) is 9.40. The van der Waals surface area contributed by atoms with Gasteiger partial charge in [0.1, 0.15) is 0 Å². The second kappa shape index (κ2) is 3.53. The van der Waals surface area contributed by atoms with Gasteiger partial charge in [-0.15, -0.1) is 0 Å². The number of halogens is 1. The molecule has 0 fully saturated rings. The minimum atomic E-state index is -0.0978. The number of rotatable bonds is 0. The van der Waals surface area contributed by atoms with Crippen LogP contribution < -0.4 is 5.32 Å². The van der Waals surface area contributed by atoms with E-state index in [9.17, 15) is 9.59 Å². The summed E-state index contributed by atoms with van der Waals surface area (Å²) in [7, 11) is 0. The molecule has 0 bridgehead atoms. The third kappa shape index (κ3) is 1.70. The number of carbonyl (C=O) groups excluding carboxylic acids is 2. The van der Waals surface area contributed by atoms with Gasteiger partial charge in [0.15, 0.2) is 5.78 Å². The molecule has 3 nitrogen and oxygen atoms in total. The third-order valence-corrected chi connectivity index (χ3v) is 2.63. The Morgan fingerprint density at radius 2 is 2.00 bits per heavy atom. The first-order valence-electron chi connectivity index (χ1n) is 4.29. The number of hydrogen-bond donors (Lipinski definition) is 1. The molecule has 1 aliphatic heterocycles. The molecule has 0 unspecified atom stereocenters. The molecule has 1 N–H and O–H groups in total. The number of nitrogens with one attached hydrogen (secondary N) is 1. The van der Waals surface area contributed by atoms with Crippen LogP contribution in [0.1, 0.15) is 23.2 Å². The monoisotopic (exact) mass is 253 g/mol. The Kier molecular flexibility index (Phi) is 2.37. The Labute approximate surface area is 89.6 Å². The molecule has 4 heteroatoms. The van der Waals surface area contributed by atoms with Gasteiger partial charge in [0.05, 0.1) is 5.69 Å². The molecule has 14 heavy (non-hydrogen) atoms. The van der Waals surface area contributed by atoms with Gasteiger partial charge in [-0.2, -0.15) is 0 Å². The van der Waals surface area contributed by atoms with E-state index in [1.165, 1.54) is 0 Å². The van der Waals surface area contributed by atoms with Crippen molar-refractivity contribution in [1.29, 1.82) is 0 Å². The summed E-state index contributed by atoms with van der Waals surface area (Å²) in [5, 5.41) is 2.70. The summed E-state index contributed by atoms with van der Waals surface area (Å²) in [4.78, 5) is 22.8. The highest BCUT2D eigenvalue weighted by molar-refractivity contribution is 9.10. The van der Waals surface area contributed by atoms with Crippen molar-refractivity contribution in [2.24, 2.45) is 0 Å². The number of Topliss-reactive ketones (excluding diaryl/α,β-unsaturated/α-hetero) is 1. The first-order chi connectivity index (χ1) is 6.66. The van der Waals surface area contributed by atoms with Gasteiger partial charge in [-0.1, -0.05) is 15.9 Å². The molecular formula is C10H8BrNO2. The number of hydrogen-bond acceptors (Lipinski definition) is 2. The second-order valence-electron chi connectivity index (χ2n) is 3.16. The molecule has 0 spiro atoms. The first-order valence-corrected chi connectivity index (χ1v) is 5.09. The Bertz CT molecular complexity index is 415. The molecule has 72 valence electrons. The summed E-state index contributed by atoms with van der Waals surface area (Å²) >= 11 is 3.29. The van der Waals surface area contributed by atoms with Crippen molar-refractivity contribution in [2.75, 3.05) is 5.32 Å². The normalized spacial score (nSPS) is 15.8. The van der Waals surface area contributed by atoms with Gasteiger partial charge in [0.2, 0.25) is 5.91 Å². The fraction of sp³-hybridized carbons (Fsp3) is 0.200. The number of ketones is 1. The maximum Gasteiger partial charge on any atom is 0.224 e.